The van der Waals surface area contributed by atoms with E-state index < -0.39 is 6.10 Å². The fraction of sp³-hybridized carbons (Fsp3) is 0.667. The van der Waals surface area contributed by atoms with E-state index in [4.69, 9.17) is 17.0 Å². The molecular formula is C12H19NO2S. The Morgan fingerprint density at radius 1 is 1.44 bits per heavy atom. The Morgan fingerprint density at radius 2 is 2.12 bits per heavy atom. The first-order chi connectivity index (χ1) is 7.61. The largest absolute Gasteiger partial charge is 0.494 e. The van der Waals surface area contributed by atoms with Crippen molar-refractivity contribution in [3.05, 3.63) is 11.5 Å². The summed E-state index contributed by atoms with van der Waals surface area (Å²) < 4.78 is 5.13. The first-order valence-corrected chi connectivity index (χ1v) is 6.07. The van der Waals surface area contributed by atoms with E-state index in [0.29, 0.717) is 10.6 Å². The smallest absolute Gasteiger partial charge is 0.156 e. The lowest BCUT2D eigenvalue weighted by Crippen LogP contribution is -2.33. The summed E-state index contributed by atoms with van der Waals surface area (Å²) in [5.74, 6) is 0.543. The fourth-order valence-corrected chi connectivity index (χ4v) is 2.15. The number of hydrogen-bond donors (Lipinski definition) is 1. The molecular weight excluding hydrogens is 222 g/mol. The third-order valence-electron chi connectivity index (χ3n) is 2.67. The first-order valence-electron chi connectivity index (χ1n) is 5.66. The van der Waals surface area contributed by atoms with E-state index in [1.54, 1.807) is 7.11 Å². The third-order valence-corrected chi connectivity index (χ3v) is 3.08. The lowest BCUT2D eigenvalue weighted by atomic mass is 10.0. The lowest BCUT2D eigenvalue weighted by molar-refractivity contribution is 0.275. The highest BCUT2D eigenvalue weighted by molar-refractivity contribution is 7.81. The molecule has 0 fully saturated rings. The summed E-state index contributed by atoms with van der Waals surface area (Å²) in [6, 6.07) is 0. The van der Waals surface area contributed by atoms with Crippen molar-refractivity contribution in [3.63, 3.8) is 0 Å². The number of hydrogen-bond acceptors (Lipinski definition) is 4. The molecule has 90 valence electrons. The van der Waals surface area contributed by atoms with Gasteiger partial charge in [0, 0.05) is 0 Å². The average Bonchev–Trinajstić information content (AvgIpc) is 2.26. The minimum Gasteiger partial charge on any atom is -0.494 e. The number of thiocarbonyl (C=S) groups is 1. The summed E-state index contributed by atoms with van der Waals surface area (Å²) >= 11 is 5.17. The SMILES string of the molecule is CCCCCC1=NC(C)=C(OC)C(=S)C1O. The van der Waals surface area contributed by atoms with Gasteiger partial charge in [0.05, 0.1) is 23.4 Å². The second-order valence-electron chi connectivity index (χ2n) is 3.95. The van der Waals surface area contributed by atoms with Crippen LogP contribution in [0, 0.1) is 0 Å². The summed E-state index contributed by atoms with van der Waals surface area (Å²) in [7, 11) is 1.55. The van der Waals surface area contributed by atoms with E-state index >= 15 is 0 Å². The zero-order chi connectivity index (χ0) is 12.1. The Balaban J connectivity index is 2.78. The quantitative estimate of drug-likeness (QED) is 0.594. The number of nitrogens with zero attached hydrogens (tertiary/aromatic N) is 1. The van der Waals surface area contributed by atoms with E-state index in [1.165, 1.54) is 0 Å². The molecule has 1 rings (SSSR count). The third kappa shape index (κ3) is 2.89. The molecule has 1 aliphatic rings. The number of allylic oxidation sites excluding steroid dienone is 1. The van der Waals surface area contributed by atoms with Crippen LogP contribution in [0.4, 0.5) is 0 Å². The van der Waals surface area contributed by atoms with Crippen molar-refractivity contribution in [2.45, 2.75) is 45.6 Å². The van der Waals surface area contributed by atoms with Gasteiger partial charge in [-0.15, -0.1) is 0 Å². The van der Waals surface area contributed by atoms with Crippen LogP contribution in [-0.4, -0.2) is 28.9 Å². The molecule has 16 heavy (non-hydrogen) atoms. The van der Waals surface area contributed by atoms with Crippen molar-refractivity contribution < 1.29 is 9.84 Å². The molecule has 0 amide bonds. The number of unbranched alkanes of at least 4 members (excludes halogenated alkanes) is 2. The Kier molecular flexibility index (Phi) is 5.09. The Hall–Kier alpha value is -0.740. The maximum atomic E-state index is 9.97. The van der Waals surface area contributed by atoms with Gasteiger partial charge >= 0.3 is 0 Å². The number of ether oxygens (including phenoxy) is 1. The normalized spacial score (nSPS) is 21.1. The summed E-state index contributed by atoms with van der Waals surface area (Å²) in [6.07, 6.45) is 3.42. The number of methoxy groups -OCH3 is 1. The second-order valence-corrected chi connectivity index (χ2v) is 4.39. The summed E-state index contributed by atoms with van der Waals surface area (Å²) in [4.78, 5) is 4.83. The zero-order valence-corrected chi connectivity index (χ0v) is 10.9. The van der Waals surface area contributed by atoms with Crippen LogP contribution in [0.2, 0.25) is 0 Å². The average molecular weight is 241 g/mol. The second kappa shape index (κ2) is 6.11. The van der Waals surface area contributed by atoms with Gasteiger partial charge in [-0.1, -0.05) is 32.0 Å². The molecule has 0 aromatic heterocycles. The van der Waals surface area contributed by atoms with Gasteiger partial charge in [0.1, 0.15) is 6.10 Å². The van der Waals surface area contributed by atoms with E-state index in [2.05, 4.69) is 11.9 Å². The van der Waals surface area contributed by atoms with E-state index in [0.717, 1.165) is 37.1 Å². The van der Waals surface area contributed by atoms with Crippen LogP contribution >= 0.6 is 12.2 Å². The number of rotatable bonds is 5. The van der Waals surface area contributed by atoms with Gasteiger partial charge in [-0.2, -0.15) is 0 Å². The van der Waals surface area contributed by atoms with Gasteiger partial charge in [-0.25, -0.2) is 0 Å². The molecule has 0 saturated carbocycles. The minimum absolute atomic E-state index is 0.460. The monoisotopic (exact) mass is 241 g/mol. The number of aliphatic hydroxyl groups is 1. The molecule has 0 aliphatic carbocycles. The predicted molar refractivity (Wildman–Crippen MR) is 69.9 cm³/mol. The highest BCUT2D eigenvalue weighted by Crippen LogP contribution is 2.21. The molecule has 0 bridgehead atoms. The number of aliphatic imine (C=N–C) groups is 1. The van der Waals surface area contributed by atoms with Crippen molar-refractivity contribution in [1.29, 1.82) is 0 Å². The maximum Gasteiger partial charge on any atom is 0.156 e. The molecule has 1 N–H and O–H groups in total. The van der Waals surface area contributed by atoms with Gasteiger partial charge in [-0.05, 0) is 19.8 Å². The van der Waals surface area contributed by atoms with E-state index in [9.17, 15) is 5.11 Å². The first kappa shape index (κ1) is 13.3. The van der Waals surface area contributed by atoms with Crippen molar-refractivity contribution >= 4 is 22.8 Å². The van der Waals surface area contributed by atoms with Crippen LogP contribution in [0.1, 0.15) is 39.5 Å². The topological polar surface area (TPSA) is 41.8 Å². The Morgan fingerprint density at radius 3 is 2.69 bits per heavy atom. The van der Waals surface area contributed by atoms with Crippen LogP contribution in [0.15, 0.2) is 16.4 Å². The van der Waals surface area contributed by atoms with Crippen molar-refractivity contribution in [3.8, 4) is 0 Å². The van der Waals surface area contributed by atoms with Crippen LogP contribution < -0.4 is 0 Å². The zero-order valence-electron chi connectivity index (χ0n) is 10.1. The highest BCUT2D eigenvalue weighted by Gasteiger charge is 2.27. The molecule has 1 unspecified atom stereocenters. The van der Waals surface area contributed by atoms with Crippen molar-refractivity contribution in [2.75, 3.05) is 7.11 Å². The van der Waals surface area contributed by atoms with Gasteiger partial charge in [0.25, 0.3) is 0 Å². The van der Waals surface area contributed by atoms with E-state index in [1.807, 2.05) is 6.92 Å². The highest BCUT2D eigenvalue weighted by atomic mass is 32.1. The summed E-state index contributed by atoms with van der Waals surface area (Å²) in [5, 5.41) is 9.97. The van der Waals surface area contributed by atoms with Crippen LogP contribution in [-0.2, 0) is 4.74 Å². The summed E-state index contributed by atoms with van der Waals surface area (Å²) in [5.41, 5.74) is 1.54. The molecule has 1 aliphatic heterocycles. The molecule has 1 heterocycles. The fourth-order valence-electron chi connectivity index (χ4n) is 1.78. The van der Waals surface area contributed by atoms with Gasteiger partial charge in [-0.3, -0.25) is 4.99 Å². The molecule has 0 spiro atoms. The summed E-state index contributed by atoms with van der Waals surface area (Å²) in [6.45, 7) is 4.01. The standard InChI is InChI=1S/C12H19NO2S/c1-4-5-6-7-9-10(14)12(16)11(15-3)8(2)13-9/h10,14H,4-7H2,1-3H3. The molecule has 1 atom stereocenters. The van der Waals surface area contributed by atoms with Crippen LogP contribution in [0.5, 0.6) is 0 Å². The minimum atomic E-state index is -0.745. The van der Waals surface area contributed by atoms with E-state index in [-0.39, 0.29) is 0 Å². The Labute approximate surface area is 102 Å². The van der Waals surface area contributed by atoms with Crippen LogP contribution in [0.25, 0.3) is 0 Å². The van der Waals surface area contributed by atoms with Gasteiger partial charge in [0.15, 0.2) is 5.76 Å². The number of aliphatic hydroxyl groups excluding tert-OH is 1. The lowest BCUT2D eigenvalue weighted by Gasteiger charge is -2.22. The molecule has 0 saturated heterocycles. The van der Waals surface area contributed by atoms with Gasteiger partial charge < -0.3 is 9.84 Å². The van der Waals surface area contributed by atoms with Crippen molar-refractivity contribution in [2.24, 2.45) is 4.99 Å². The molecule has 3 nitrogen and oxygen atoms in total. The molecule has 4 heteroatoms. The molecule has 0 radical (unpaired) electrons. The predicted octanol–water partition coefficient (Wildman–Crippen LogP) is 2.63. The van der Waals surface area contributed by atoms with Crippen molar-refractivity contribution in [1.82, 2.24) is 0 Å². The molecule has 0 aromatic carbocycles. The van der Waals surface area contributed by atoms with Gasteiger partial charge in [0.2, 0.25) is 0 Å². The Bertz CT molecular complexity index is 334. The van der Waals surface area contributed by atoms with Crippen LogP contribution in [0.3, 0.4) is 0 Å². The molecule has 0 aromatic rings. The maximum absolute atomic E-state index is 9.97.